The van der Waals surface area contributed by atoms with E-state index in [1.54, 1.807) is 0 Å². The van der Waals surface area contributed by atoms with E-state index in [1.807, 2.05) is 4.98 Å². The Labute approximate surface area is 144 Å². The van der Waals surface area contributed by atoms with Gasteiger partial charge in [-0.15, -0.1) is 0 Å². The topological polar surface area (TPSA) is 118 Å². The Balaban J connectivity index is 1.92. The zero-order chi connectivity index (χ0) is 18.6. The van der Waals surface area contributed by atoms with Crippen LogP contribution in [0, 0.1) is 17.8 Å². The highest BCUT2D eigenvalue weighted by atomic mass is 16.6. The smallest absolute Gasteiger partial charge is 0.355 e. The Kier molecular flexibility index (Phi) is 6.17. The first-order valence-corrected chi connectivity index (χ1v) is 8.46. The van der Waals surface area contributed by atoms with Gasteiger partial charge in [0.25, 0.3) is 5.56 Å². The molecule has 8 nitrogen and oxygen atoms in total. The number of aromatic amines is 2. The summed E-state index contributed by atoms with van der Waals surface area (Å²) in [5, 5.41) is 0. The molecule has 1 aromatic heterocycles. The third-order valence-corrected chi connectivity index (χ3v) is 4.55. The van der Waals surface area contributed by atoms with Gasteiger partial charge in [-0.25, -0.2) is 14.4 Å². The Morgan fingerprint density at radius 2 is 1.96 bits per heavy atom. The Morgan fingerprint density at radius 3 is 2.60 bits per heavy atom. The summed E-state index contributed by atoms with van der Waals surface area (Å²) in [6.07, 6.45) is 2.73. The van der Waals surface area contributed by atoms with Gasteiger partial charge in [-0.1, -0.05) is 27.2 Å². The van der Waals surface area contributed by atoms with Crippen LogP contribution in [0.2, 0.25) is 0 Å². The first-order valence-electron chi connectivity index (χ1n) is 8.46. The molecule has 3 atom stereocenters. The first-order chi connectivity index (χ1) is 11.8. The fourth-order valence-electron chi connectivity index (χ4n) is 3.23. The van der Waals surface area contributed by atoms with E-state index in [9.17, 15) is 19.2 Å². The van der Waals surface area contributed by atoms with Crippen LogP contribution >= 0.6 is 0 Å². The molecule has 138 valence electrons. The van der Waals surface area contributed by atoms with E-state index in [2.05, 4.69) is 25.8 Å². The normalized spacial score (nSPS) is 23.3. The second kappa shape index (κ2) is 8.13. The second-order valence-electron chi connectivity index (χ2n) is 6.93. The number of H-pyrrole nitrogens is 2. The van der Waals surface area contributed by atoms with Crippen molar-refractivity contribution in [3.8, 4) is 0 Å². The van der Waals surface area contributed by atoms with E-state index < -0.39 is 29.8 Å². The fourth-order valence-corrected chi connectivity index (χ4v) is 3.23. The molecular weight excluding hydrogens is 328 g/mol. The van der Waals surface area contributed by atoms with E-state index in [0.717, 1.165) is 25.3 Å². The van der Waals surface area contributed by atoms with Crippen LogP contribution in [0.25, 0.3) is 0 Å². The van der Waals surface area contributed by atoms with Gasteiger partial charge in [-0.2, -0.15) is 0 Å². The maximum Gasteiger partial charge on any atom is 0.355 e. The van der Waals surface area contributed by atoms with Crippen molar-refractivity contribution in [2.45, 2.75) is 46.1 Å². The van der Waals surface area contributed by atoms with Crippen LogP contribution in [0.1, 0.15) is 50.5 Å². The van der Waals surface area contributed by atoms with Gasteiger partial charge in [0.1, 0.15) is 11.8 Å². The minimum atomic E-state index is -0.961. The Hall–Kier alpha value is -2.38. The molecule has 0 spiro atoms. The molecule has 1 fully saturated rings. The van der Waals surface area contributed by atoms with Crippen molar-refractivity contribution in [1.29, 1.82) is 0 Å². The predicted octanol–water partition coefficient (Wildman–Crippen LogP) is 1.22. The van der Waals surface area contributed by atoms with Gasteiger partial charge in [0.2, 0.25) is 0 Å². The average molecular weight is 352 g/mol. The molecule has 0 aliphatic heterocycles. The molecule has 0 saturated heterocycles. The number of carbonyl (C=O) groups excluding carboxylic acids is 2. The summed E-state index contributed by atoms with van der Waals surface area (Å²) in [5.41, 5.74) is -1.86. The summed E-state index contributed by atoms with van der Waals surface area (Å²) in [6.45, 7) is 5.76. The molecule has 2 rings (SSSR count). The lowest BCUT2D eigenvalue weighted by Gasteiger charge is -2.36. The lowest BCUT2D eigenvalue weighted by Crippen LogP contribution is -2.37. The summed E-state index contributed by atoms with van der Waals surface area (Å²) in [4.78, 5) is 50.2. The molecule has 0 unspecified atom stereocenters. The molecule has 0 amide bonds. The zero-order valence-corrected chi connectivity index (χ0v) is 14.7. The van der Waals surface area contributed by atoms with Crippen LogP contribution in [0.15, 0.2) is 15.7 Å². The number of rotatable bonds is 5. The quantitative estimate of drug-likeness (QED) is 0.769. The number of esters is 2. The van der Waals surface area contributed by atoms with Gasteiger partial charge in [0.05, 0.1) is 0 Å². The van der Waals surface area contributed by atoms with Crippen molar-refractivity contribution >= 4 is 11.9 Å². The number of hydrogen-bond acceptors (Lipinski definition) is 6. The third-order valence-electron chi connectivity index (χ3n) is 4.55. The van der Waals surface area contributed by atoms with Crippen molar-refractivity contribution in [1.82, 2.24) is 9.97 Å². The molecular formula is C17H24N2O6. The molecule has 1 heterocycles. The molecule has 0 radical (unpaired) electrons. The molecule has 8 heteroatoms. The molecule has 0 bridgehead atoms. The maximum absolute atomic E-state index is 12.0. The van der Waals surface area contributed by atoms with Crippen LogP contribution in [-0.4, -0.2) is 34.6 Å². The lowest BCUT2D eigenvalue weighted by atomic mass is 9.75. The van der Waals surface area contributed by atoms with E-state index in [4.69, 9.17) is 9.47 Å². The first kappa shape index (κ1) is 19.0. The van der Waals surface area contributed by atoms with Crippen LogP contribution in [-0.2, 0) is 14.3 Å². The SMILES string of the molecule is CC(C)[C@@H]1CC[C@H](C)C[C@H]1OC(=O)COC(=O)c1cc(=O)[nH]c(=O)[nH]1. The number of aromatic nitrogens is 2. The summed E-state index contributed by atoms with van der Waals surface area (Å²) >= 11 is 0. The predicted molar refractivity (Wildman–Crippen MR) is 89.2 cm³/mol. The number of ether oxygens (including phenoxy) is 2. The summed E-state index contributed by atoms with van der Waals surface area (Å²) in [7, 11) is 0. The standard InChI is InChI=1S/C17H24N2O6/c1-9(2)11-5-4-10(3)6-13(11)25-15(21)8-24-16(22)12-7-14(20)19-17(23)18-12/h7,9-11,13H,4-6,8H2,1-3H3,(H2,18,19,20,23)/t10-,11-,13+/m0/s1. The second-order valence-corrected chi connectivity index (χ2v) is 6.93. The van der Waals surface area contributed by atoms with Gasteiger partial charge in [0, 0.05) is 6.07 Å². The van der Waals surface area contributed by atoms with Gasteiger partial charge >= 0.3 is 17.6 Å². The van der Waals surface area contributed by atoms with Gasteiger partial charge in [0.15, 0.2) is 6.61 Å². The minimum Gasteiger partial charge on any atom is -0.460 e. The van der Waals surface area contributed by atoms with Gasteiger partial charge in [-0.05, 0) is 30.6 Å². The van der Waals surface area contributed by atoms with E-state index in [0.29, 0.717) is 17.8 Å². The molecule has 1 saturated carbocycles. The minimum absolute atomic E-state index is 0.186. The van der Waals surface area contributed by atoms with Crippen LogP contribution in [0.3, 0.4) is 0 Å². The number of nitrogens with one attached hydrogen (secondary N) is 2. The summed E-state index contributed by atoms with van der Waals surface area (Å²) in [5.74, 6) is -0.423. The highest BCUT2D eigenvalue weighted by Crippen LogP contribution is 2.35. The maximum atomic E-state index is 12.0. The summed E-state index contributed by atoms with van der Waals surface area (Å²) in [6, 6.07) is 0.896. The molecule has 0 aromatic carbocycles. The number of hydrogen-bond donors (Lipinski definition) is 2. The Bertz CT molecular complexity index is 707. The highest BCUT2D eigenvalue weighted by molar-refractivity contribution is 5.88. The van der Waals surface area contributed by atoms with Crippen LogP contribution in [0.4, 0.5) is 0 Å². The fraction of sp³-hybridized carbons (Fsp3) is 0.647. The highest BCUT2D eigenvalue weighted by Gasteiger charge is 2.33. The van der Waals surface area contributed by atoms with Crippen molar-refractivity contribution < 1.29 is 19.1 Å². The molecule has 1 aliphatic rings. The third kappa shape index (κ3) is 5.30. The average Bonchev–Trinajstić information content (AvgIpc) is 2.51. The van der Waals surface area contributed by atoms with Gasteiger partial charge in [-0.3, -0.25) is 9.78 Å². The van der Waals surface area contributed by atoms with Crippen molar-refractivity contribution in [2.24, 2.45) is 17.8 Å². The largest absolute Gasteiger partial charge is 0.460 e. The molecule has 1 aromatic rings. The molecule has 25 heavy (non-hydrogen) atoms. The zero-order valence-electron chi connectivity index (χ0n) is 14.7. The molecule has 2 N–H and O–H groups in total. The summed E-state index contributed by atoms with van der Waals surface area (Å²) < 4.78 is 10.3. The lowest BCUT2D eigenvalue weighted by molar-refractivity contribution is -0.159. The van der Waals surface area contributed by atoms with E-state index in [1.165, 1.54) is 0 Å². The van der Waals surface area contributed by atoms with Crippen molar-refractivity contribution in [2.75, 3.05) is 6.61 Å². The molecule has 1 aliphatic carbocycles. The van der Waals surface area contributed by atoms with Crippen molar-refractivity contribution in [3.05, 3.63) is 32.6 Å². The van der Waals surface area contributed by atoms with Gasteiger partial charge < -0.3 is 14.5 Å². The Morgan fingerprint density at radius 1 is 1.24 bits per heavy atom. The number of carbonyl (C=O) groups is 2. The van der Waals surface area contributed by atoms with Crippen LogP contribution < -0.4 is 11.2 Å². The van der Waals surface area contributed by atoms with E-state index >= 15 is 0 Å². The van der Waals surface area contributed by atoms with E-state index in [-0.39, 0.29) is 11.8 Å². The monoisotopic (exact) mass is 352 g/mol. The van der Waals surface area contributed by atoms with Crippen LogP contribution in [0.5, 0.6) is 0 Å². The van der Waals surface area contributed by atoms with Crippen molar-refractivity contribution in [3.63, 3.8) is 0 Å².